The number of carbonyl (C=O) groups is 1. The summed E-state index contributed by atoms with van der Waals surface area (Å²) in [5.41, 5.74) is 2.16. The van der Waals surface area contributed by atoms with E-state index in [0.717, 1.165) is 62.6 Å². The van der Waals surface area contributed by atoms with Crippen LogP contribution in [-0.2, 0) is 17.8 Å². The van der Waals surface area contributed by atoms with Crippen molar-refractivity contribution >= 4 is 5.91 Å². The van der Waals surface area contributed by atoms with E-state index in [2.05, 4.69) is 36.9 Å². The van der Waals surface area contributed by atoms with Gasteiger partial charge in [0.25, 0.3) is 5.91 Å². The Hall–Kier alpha value is -2.73. The summed E-state index contributed by atoms with van der Waals surface area (Å²) < 4.78 is 17.2. The molecule has 0 saturated carbocycles. The van der Waals surface area contributed by atoms with E-state index in [1.807, 2.05) is 29.2 Å². The normalized spacial score (nSPS) is 18.1. The van der Waals surface area contributed by atoms with Gasteiger partial charge >= 0.3 is 0 Å². The van der Waals surface area contributed by atoms with Crippen LogP contribution in [0, 0.1) is 0 Å². The number of carbonyl (C=O) groups excluding carboxylic acids is 1. The van der Waals surface area contributed by atoms with E-state index in [-0.39, 0.29) is 18.1 Å². The third kappa shape index (κ3) is 5.31. The molecule has 1 saturated heterocycles. The molecule has 0 radical (unpaired) electrons. The molecule has 6 nitrogen and oxygen atoms in total. The molecule has 4 rings (SSSR count). The van der Waals surface area contributed by atoms with Crippen molar-refractivity contribution in [3.8, 4) is 17.2 Å². The van der Waals surface area contributed by atoms with Gasteiger partial charge in [0.05, 0.1) is 7.11 Å². The molecular weight excluding hydrogens is 392 g/mol. The lowest BCUT2D eigenvalue weighted by Gasteiger charge is -2.22. The fourth-order valence-electron chi connectivity index (χ4n) is 4.30. The number of fused-ring (bicyclic) bond motifs is 1. The molecular formula is C25H32N2O4. The third-order valence-electron chi connectivity index (χ3n) is 5.91. The Labute approximate surface area is 184 Å². The van der Waals surface area contributed by atoms with Crippen molar-refractivity contribution in [2.75, 3.05) is 39.9 Å². The maximum absolute atomic E-state index is 12.8. The minimum atomic E-state index is -0.232. The van der Waals surface area contributed by atoms with Gasteiger partial charge in [-0.2, -0.15) is 0 Å². The fraction of sp³-hybridized carbons (Fsp3) is 0.480. The Morgan fingerprint density at radius 2 is 1.87 bits per heavy atom. The molecule has 0 spiro atoms. The summed E-state index contributed by atoms with van der Waals surface area (Å²) in [4.78, 5) is 17.1. The summed E-state index contributed by atoms with van der Waals surface area (Å²) in [6.07, 6.45) is 1.81. The van der Waals surface area contributed by atoms with Crippen molar-refractivity contribution < 1.29 is 19.0 Å². The summed E-state index contributed by atoms with van der Waals surface area (Å²) in [5, 5.41) is 0. The molecule has 6 heteroatoms. The van der Waals surface area contributed by atoms with Crippen LogP contribution < -0.4 is 14.2 Å². The summed E-state index contributed by atoms with van der Waals surface area (Å²) in [5.74, 6) is 2.34. The second-order valence-electron chi connectivity index (χ2n) is 8.93. The Morgan fingerprint density at radius 3 is 2.65 bits per heavy atom. The molecule has 0 atom stereocenters. The van der Waals surface area contributed by atoms with Crippen molar-refractivity contribution in [2.24, 2.45) is 0 Å². The first-order chi connectivity index (χ1) is 14.9. The zero-order valence-corrected chi connectivity index (χ0v) is 18.7. The number of para-hydroxylation sites is 1. The predicted octanol–water partition coefficient (Wildman–Crippen LogP) is 3.52. The second-order valence-corrected chi connectivity index (χ2v) is 8.93. The van der Waals surface area contributed by atoms with Crippen LogP contribution >= 0.6 is 0 Å². The number of hydrogen-bond donors (Lipinski definition) is 0. The highest BCUT2D eigenvalue weighted by atomic mass is 16.5. The molecule has 166 valence electrons. The van der Waals surface area contributed by atoms with Crippen LogP contribution in [0.5, 0.6) is 17.2 Å². The van der Waals surface area contributed by atoms with E-state index in [1.54, 1.807) is 7.11 Å². The Bertz CT molecular complexity index is 910. The highest BCUT2D eigenvalue weighted by molar-refractivity contribution is 5.78. The number of hydrogen-bond acceptors (Lipinski definition) is 5. The maximum atomic E-state index is 12.8. The number of benzene rings is 2. The Kier molecular flexibility index (Phi) is 6.37. The number of ether oxygens (including phenoxy) is 3. The summed E-state index contributed by atoms with van der Waals surface area (Å²) in [7, 11) is 1.68. The second kappa shape index (κ2) is 9.18. The molecule has 1 fully saturated rings. The average Bonchev–Trinajstić information content (AvgIpc) is 2.92. The first-order valence-electron chi connectivity index (χ1n) is 11.0. The average molecular weight is 425 g/mol. The quantitative estimate of drug-likeness (QED) is 0.710. The Balaban J connectivity index is 1.29. The maximum Gasteiger partial charge on any atom is 0.260 e. The van der Waals surface area contributed by atoms with Gasteiger partial charge in [0, 0.05) is 44.7 Å². The number of amides is 1. The molecule has 31 heavy (non-hydrogen) atoms. The standard InChI is InChI=1S/C25H32N2O4/c1-25(2)16-20-6-4-7-22(24(20)31-25)30-18-23(28)27-13-5-12-26(14-15-27)17-19-8-10-21(29-3)11-9-19/h4,6-11H,5,12-18H2,1-3H3. The molecule has 0 N–H and O–H groups in total. The van der Waals surface area contributed by atoms with Crippen LogP contribution in [0.1, 0.15) is 31.4 Å². The number of rotatable bonds is 6. The summed E-state index contributed by atoms with van der Waals surface area (Å²) in [6, 6.07) is 14.1. The van der Waals surface area contributed by atoms with Crippen molar-refractivity contribution in [1.82, 2.24) is 9.80 Å². The monoisotopic (exact) mass is 424 g/mol. The molecule has 2 aromatic rings. The van der Waals surface area contributed by atoms with Gasteiger partial charge in [-0.25, -0.2) is 0 Å². The smallest absolute Gasteiger partial charge is 0.260 e. The number of methoxy groups -OCH3 is 1. The minimum Gasteiger partial charge on any atom is -0.497 e. The van der Waals surface area contributed by atoms with Gasteiger partial charge in [0.1, 0.15) is 11.4 Å². The van der Waals surface area contributed by atoms with E-state index in [9.17, 15) is 4.79 Å². The zero-order valence-electron chi connectivity index (χ0n) is 18.7. The van der Waals surface area contributed by atoms with E-state index < -0.39 is 0 Å². The molecule has 0 aliphatic carbocycles. The summed E-state index contributed by atoms with van der Waals surface area (Å²) in [6.45, 7) is 8.37. The van der Waals surface area contributed by atoms with Crippen molar-refractivity contribution in [1.29, 1.82) is 0 Å². The van der Waals surface area contributed by atoms with E-state index in [4.69, 9.17) is 14.2 Å². The van der Waals surface area contributed by atoms with Crippen LogP contribution in [0.2, 0.25) is 0 Å². The molecule has 0 aromatic heterocycles. The first-order valence-corrected chi connectivity index (χ1v) is 11.0. The molecule has 0 unspecified atom stereocenters. The van der Waals surface area contributed by atoms with Gasteiger partial charge in [-0.3, -0.25) is 9.69 Å². The molecule has 1 amide bonds. The van der Waals surface area contributed by atoms with Crippen LogP contribution in [0.25, 0.3) is 0 Å². The van der Waals surface area contributed by atoms with Gasteiger partial charge in [0.15, 0.2) is 18.1 Å². The van der Waals surface area contributed by atoms with Gasteiger partial charge in [-0.15, -0.1) is 0 Å². The van der Waals surface area contributed by atoms with Crippen LogP contribution in [-0.4, -0.2) is 61.2 Å². The topological polar surface area (TPSA) is 51.2 Å². The fourth-order valence-corrected chi connectivity index (χ4v) is 4.30. The van der Waals surface area contributed by atoms with Crippen LogP contribution in [0.3, 0.4) is 0 Å². The summed E-state index contributed by atoms with van der Waals surface area (Å²) >= 11 is 0. The molecule has 0 bridgehead atoms. The third-order valence-corrected chi connectivity index (χ3v) is 5.91. The van der Waals surface area contributed by atoms with Gasteiger partial charge in [-0.05, 0) is 44.0 Å². The molecule has 2 aliphatic heterocycles. The van der Waals surface area contributed by atoms with Gasteiger partial charge in [-0.1, -0.05) is 24.3 Å². The van der Waals surface area contributed by atoms with Crippen molar-refractivity contribution in [2.45, 2.75) is 38.8 Å². The predicted molar refractivity (Wildman–Crippen MR) is 120 cm³/mol. The minimum absolute atomic E-state index is 0.0288. The SMILES string of the molecule is COc1ccc(CN2CCCN(C(=O)COc3cccc4c3OC(C)(C)C4)CC2)cc1. The molecule has 2 heterocycles. The van der Waals surface area contributed by atoms with Crippen molar-refractivity contribution in [3.63, 3.8) is 0 Å². The molecule has 2 aliphatic rings. The van der Waals surface area contributed by atoms with Gasteiger partial charge < -0.3 is 19.1 Å². The first kappa shape index (κ1) is 21.5. The van der Waals surface area contributed by atoms with Crippen LogP contribution in [0.15, 0.2) is 42.5 Å². The van der Waals surface area contributed by atoms with E-state index in [1.165, 1.54) is 5.56 Å². The Morgan fingerprint density at radius 1 is 1.06 bits per heavy atom. The lowest BCUT2D eigenvalue weighted by Crippen LogP contribution is -2.38. The van der Waals surface area contributed by atoms with Crippen molar-refractivity contribution in [3.05, 3.63) is 53.6 Å². The number of nitrogens with zero attached hydrogens (tertiary/aromatic N) is 2. The van der Waals surface area contributed by atoms with E-state index >= 15 is 0 Å². The lowest BCUT2D eigenvalue weighted by atomic mass is 10.0. The highest BCUT2D eigenvalue weighted by Crippen LogP contribution is 2.41. The lowest BCUT2D eigenvalue weighted by molar-refractivity contribution is -0.133. The largest absolute Gasteiger partial charge is 0.497 e. The van der Waals surface area contributed by atoms with E-state index in [0.29, 0.717) is 5.75 Å². The van der Waals surface area contributed by atoms with Gasteiger partial charge in [0.2, 0.25) is 0 Å². The molecule has 2 aromatic carbocycles. The van der Waals surface area contributed by atoms with Crippen LogP contribution in [0.4, 0.5) is 0 Å². The zero-order chi connectivity index (χ0) is 21.8. The highest BCUT2D eigenvalue weighted by Gasteiger charge is 2.32.